The molecule has 0 rings (SSSR count). The second kappa shape index (κ2) is 16.3. The highest BCUT2D eigenvalue weighted by atomic mass is 31.2. The third-order valence-corrected chi connectivity index (χ3v) is 5.51. The Bertz CT molecular complexity index is 843. The summed E-state index contributed by atoms with van der Waals surface area (Å²) in [6, 6.07) is 0. The molecule has 0 spiro atoms. The van der Waals surface area contributed by atoms with Crippen LogP contribution < -0.4 is 0 Å². The average Bonchev–Trinajstić information content (AvgIpc) is 2.61. The fourth-order valence-corrected chi connectivity index (χ4v) is 4.44. The van der Waals surface area contributed by atoms with Crippen molar-refractivity contribution >= 4 is 27.5 Å². The van der Waals surface area contributed by atoms with Crippen LogP contribution in [0, 0.1) is 0 Å². The van der Waals surface area contributed by atoms with Gasteiger partial charge in [-0.1, -0.05) is 0 Å². The summed E-state index contributed by atoms with van der Waals surface area (Å²) in [7, 11) is -8.05. The Hall–Kier alpha value is -1.24. The molecule has 3 unspecified atom stereocenters. The molecule has 0 bridgehead atoms. The monoisotopic (exact) mass is 610 g/mol. The molecule has 0 aliphatic carbocycles. The van der Waals surface area contributed by atoms with Crippen LogP contribution in [0.3, 0.4) is 0 Å². The molecule has 3 atom stereocenters. The van der Waals surface area contributed by atoms with Gasteiger partial charge in [0.25, 0.3) is 0 Å². The van der Waals surface area contributed by atoms with E-state index < -0.39 is 63.5 Å². The minimum absolute atomic E-state index is 0.343. The molecule has 234 valence electrons. The highest BCUT2D eigenvalue weighted by Crippen LogP contribution is 2.47. The maximum Gasteiger partial charge on any atom is 0.511 e. The number of hydrogen-bond donors (Lipinski definition) is 2. The maximum absolute atomic E-state index is 11.9. The first kappa shape index (κ1) is 39.9. The predicted molar refractivity (Wildman–Crippen MR) is 142 cm³/mol. The highest BCUT2D eigenvalue weighted by molar-refractivity contribution is 7.52. The number of carbonyl (C=O) groups is 2. The summed E-state index contributed by atoms with van der Waals surface area (Å²) in [5.74, 6) is -1.60. The van der Waals surface area contributed by atoms with Crippen molar-refractivity contribution < 1.29 is 66.0 Å². The van der Waals surface area contributed by atoms with Crippen molar-refractivity contribution in [2.24, 2.45) is 0 Å². The van der Waals surface area contributed by atoms with Gasteiger partial charge in [-0.2, -0.15) is 0 Å². The Kier molecular flexibility index (Phi) is 16.6. The van der Waals surface area contributed by atoms with Crippen LogP contribution in [0.25, 0.3) is 0 Å². The van der Waals surface area contributed by atoms with Gasteiger partial charge in [-0.05, 0) is 76.2 Å². The molecule has 0 aliphatic heterocycles. The molecule has 14 nitrogen and oxygen atoms in total. The van der Waals surface area contributed by atoms with Gasteiger partial charge in [0.15, 0.2) is 0 Å². The zero-order valence-electron chi connectivity index (χ0n) is 25.3. The van der Waals surface area contributed by atoms with E-state index in [0.29, 0.717) is 0 Å². The number of carbonyl (C=O) groups excluding carboxylic acids is 2. The van der Waals surface area contributed by atoms with Crippen molar-refractivity contribution in [3.8, 4) is 0 Å². The maximum atomic E-state index is 11.9. The van der Waals surface area contributed by atoms with E-state index in [-0.39, 0.29) is 12.2 Å². The second-order valence-electron chi connectivity index (χ2n) is 11.3. The summed E-state index contributed by atoms with van der Waals surface area (Å²) in [5.41, 5.74) is -1.15. The first-order valence-corrected chi connectivity index (χ1v) is 15.7. The normalized spacial score (nSPS) is 16.3. The third kappa shape index (κ3) is 26.7. The van der Waals surface area contributed by atoms with E-state index in [1.165, 1.54) is 20.8 Å². The number of rotatable bonds is 12. The van der Waals surface area contributed by atoms with Crippen molar-refractivity contribution in [1.82, 2.24) is 0 Å². The van der Waals surface area contributed by atoms with Crippen molar-refractivity contribution in [3.63, 3.8) is 0 Å². The predicted octanol–water partition coefficient (Wildman–Crippen LogP) is 6.13. The SMILES string of the molecule is CC(C)OC(=O)OC(C)(C)OP(=O)(O)COC(C)(C)C.CC(C)OC(=O)OC(C)OP(=O)(O)COC(C)(C)C. The van der Waals surface area contributed by atoms with Crippen molar-refractivity contribution in [2.75, 3.05) is 12.7 Å². The molecule has 0 saturated heterocycles. The van der Waals surface area contributed by atoms with Gasteiger partial charge in [0.2, 0.25) is 12.1 Å². The molecule has 0 aromatic rings. The van der Waals surface area contributed by atoms with Gasteiger partial charge in [0, 0.05) is 13.8 Å². The molecule has 2 N–H and O–H groups in total. The van der Waals surface area contributed by atoms with E-state index in [4.69, 9.17) is 32.7 Å². The quantitative estimate of drug-likeness (QED) is 0.146. The second-order valence-corrected chi connectivity index (χ2v) is 14.7. The molecule has 0 heterocycles. The summed E-state index contributed by atoms with van der Waals surface area (Å²) in [6.07, 6.45) is -4.81. The van der Waals surface area contributed by atoms with Crippen LogP contribution in [-0.2, 0) is 46.6 Å². The molecule has 0 aliphatic rings. The van der Waals surface area contributed by atoms with Gasteiger partial charge in [-0.3, -0.25) is 18.2 Å². The number of ether oxygens (including phenoxy) is 6. The van der Waals surface area contributed by atoms with E-state index in [0.717, 1.165) is 0 Å². The van der Waals surface area contributed by atoms with Crippen LogP contribution in [0.5, 0.6) is 0 Å². The molecule has 0 aromatic carbocycles. The van der Waals surface area contributed by atoms with Gasteiger partial charge in [-0.15, -0.1) is 0 Å². The van der Waals surface area contributed by atoms with Crippen LogP contribution in [0.2, 0.25) is 0 Å². The van der Waals surface area contributed by atoms with Gasteiger partial charge < -0.3 is 38.2 Å². The Balaban J connectivity index is 0. The average molecular weight is 611 g/mol. The van der Waals surface area contributed by atoms with Crippen molar-refractivity contribution in [3.05, 3.63) is 0 Å². The van der Waals surface area contributed by atoms with Crippen LogP contribution in [-0.4, -0.2) is 70.3 Å². The van der Waals surface area contributed by atoms with E-state index in [2.05, 4.69) is 4.74 Å². The Morgan fingerprint density at radius 3 is 1.44 bits per heavy atom. The summed E-state index contributed by atoms with van der Waals surface area (Å²) >= 11 is 0. The van der Waals surface area contributed by atoms with Crippen molar-refractivity contribution in [2.45, 2.75) is 125 Å². The molecule has 0 amide bonds. The molecule has 0 saturated carbocycles. The van der Waals surface area contributed by atoms with E-state index in [9.17, 15) is 28.5 Å². The largest absolute Gasteiger partial charge is 0.511 e. The standard InChI is InChI=1S/C12H25O7P.C11H23O7P/c1-9(2)17-10(13)18-12(6,7)19-20(14,15)8-16-11(3,4)5;1-8(2)16-10(12)17-9(3)18-19(13,14)7-15-11(4,5)6/h9H,8H2,1-7H3,(H,14,15);8-9H,7H2,1-6H3,(H,13,14). The molecular formula is C23H48O14P2. The lowest BCUT2D eigenvalue weighted by Gasteiger charge is -2.28. The van der Waals surface area contributed by atoms with Gasteiger partial charge in [0.05, 0.1) is 23.4 Å². The first-order valence-electron chi connectivity index (χ1n) is 12.2. The summed E-state index contributed by atoms with van der Waals surface area (Å²) < 4.78 is 62.5. The lowest BCUT2D eigenvalue weighted by Crippen LogP contribution is -2.32. The lowest BCUT2D eigenvalue weighted by atomic mass is 10.2. The minimum Gasteiger partial charge on any atom is -0.432 e. The number of hydrogen-bond acceptors (Lipinski definition) is 12. The highest BCUT2D eigenvalue weighted by Gasteiger charge is 2.36. The zero-order chi connectivity index (χ0) is 31.5. The van der Waals surface area contributed by atoms with Crippen molar-refractivity contribution in [1.29, 1.82) is 0 Å². The summed E-state index contributed by atoms with van der Waals surface area (Å²) in [5, 5.41) is 0. The van der Waals surface area contributed by atoms with Crippen LogP contribution >= 0.6 is 15.2 Å². The van der Waals surface area contributed by atoms with Crippen LogP contribution in [0.1, 0.15) is 90.0 Å². The summed E-state index contributed by atoms with van der Waals surface area (Å²) in [4.78, 5) is 41.7. The molecule has 0 radical (unpaired) electrons. The smallest absolute Gasteiger partial charge is 0.432 e. The Morgan fingerprint density at radius 1 is 0.667 bits per heavy atom. The first-order chi connectivity index (χ1) is 17.1. The van der Waals surface area contributed by atoms with Crippen LogP contribution in [0.4, 0.5) is 9.59 Å². The Morgan fingerprint density at radius 2 is 1.05 bits per heavy atom. The fourth-order valence-electron chi connectivity index (χ4n) is 2.00. The Labute approximate surface area is 232 Å². The molecule has 16 heteroatoms. The van der Waals surface area contributed by atoms with E-state index in [1.807, 2.05) is 0 Å². The van der Waals surface area contributed by atoms with E-state index in [1.54, 1.807) is 69.2 Å². The fraction of sp³-hybridized carbons (Fsp3) is 0.913. The van der Waals surface area contributed by atoms with E-state index >= 15 is 0 Å². The van der Waals surface area contributed by atoms with Crippen LogP contribution in [0.15, 0.2) is 0 Å². The van der Waals surface area contributed by atoms with Gasteiger partial charge >= 0.3 is 27.5 Å². The lowest BCUT2D eigenvalue weighted by molar-refractivity contribution is -0.141. The molecule has 0 fully saturated rings. The molecule has 39 heavy (non-hydrogen) atoms. The third-order valence-electron chi connectivity index (χ3n) is 3.25. The minimum atomic E-state index is -4.06. The topological polar surface area (TPSA) is 183 Å². The molecule has 0 aromatic heterocycles. The molecular weight excluding hydrogens is 562 g/mol. The summed E-state index contributed by atoms with van der Waals surface area (Å²) in [6.45, 7) is 21.1. The van der Waals surface area contributed by atoms with Gasteiger partial charge in [0.1, 0.15) is 12.7 Å². The zero-order valence-corrected chi connectivity index (χ0v) is 27.1. The van der Waals surface area contributed by atoms with Gasteiger partial charge in [-0.25, -0.2) is 9.59 Å².